The molecule has 1 aliphatic heterocycles. The van der Waals surface area contributed by atoms with Crippen molar-refractivity contribution in [1.82, 2.24) is 5.43 Å². The van der Waals surface area contributed by atoms with E-state index in [0.717, 1.165) is 29.1 Å². The second kappa shape index (κ2) is 7.21. The van der Waals surface area contributed by atoms with E-state index >= 15 is 0 Å². The molecule has 1 aliphatic rings. The van der Waals surface area contributed by atoms with E-state index in [0.29, 0.717) is 5.56 Å². The summed E-state index contributed by atoms with van der Waals surface area (Å²) in [6.45, 7) is 0.734. The number of fused-ring (bicyclic) bond motifs is 1. The van der Waals surface area contributed by atoms with Crippen LogP contribution in [-0.4, -0.2) is 22.1 Å². The third kappa shape index (κ3) is 3.59. The number of hydrogen-bond acceptors (Lipinski definition) is 6. The molecule has 4 rings (SSSR count). The van der Waals surface area contributed by atoms with Crippen LogP contribution in [0.15, 0.2) is 76.9 Å². The van der Waals surface area contributed by atoms with Gasteiger partial charge in [0.05, 0.1) is 24.2 Å². The summed E-state index contributed by atoms with van der Waals surface area (Å²) in [7, 11) is 0. The molecule has 0 radical (unpaired) electrons. The minimum absolute atomic E-state index is 0.00916. The molecule has 4 N–H and O–H groups in total. The Morgan fingerprint density at radius 2 is 1.81 bits per heavy atom. The van der Waals surface area contributed by atoms with Gasteiger partial charge in [0, 0.05) is 22.8 Å². The average Bonchev–Trinajstić information content (AvgIpc) is 2.70. The van der Waals surface area contributed by atoms with Crippen molar-refractivity contribution in [2.24, 2.45) is 10.2 Å². The van der Waals surface area contributed by atoms with Crippen LogP contribution in [0, 0.1) is 0 Å². The number of nitrogens with zero attached hydrogens (tertiary/aromatic N) is 2. The topological polar surface area (TPSA) is 89.2 Å². The third-order valence-corrected chi connectivity index (χ3v) is 4.30. The van der Waals surface area contributed by atoms with Gasteiger partial charge in [0.1, 0.15) is 11.5 Å². The Bertz CT molecular complexity index is 1030. The number of rotatable bonds is 4. The fourth-order valence-electron chi connectivity index (χ4n) is 2.91. The largest absolute Gasteiger partial charge is 0.508 e. The van der Waals surface area contributed by atoms with Crippen LogP contribution in [0.25, 0.3) is 0 Å². The molecule has 0 aromatic heterocycles. The SMILES string of the molecule is Oc1ccc(C=NNc2ccc(C3=NNCc4ccccc43)cc2)c(O)c1. The highest BCUT2D eigenvalue weighted by Gasteiger charge is 2.14. The highest BCUT2D eigenvalue weighted by atomic mass is 16.3. The van der Waals surface area contributed by atoms with E-state index in [1.165, 1.54) is 23.9 Å². The molecule has 0 atom stereocenters. The molecule has 134 valence electrons. The summed E-state index contributed by atoms with van der Waals surface area (Å²) in [5.41, 5.74) is 11.6. The summed E-state index contributed by atoms with van der Waals surface area (Å²) in [6, 6.07) is 20.4. The van der Waals surface area contributed by atoms with Gasteiger partial charge in [-0.25, -0.2) is 0 Å². The molecule has 0 saturated heterocycles. The van der Waals surface area contributed by atoms with Gasteiger partial charge in [-0.2, -0.15) is 10.2 Å². The zero-order valence-electron chi connectivity index (χ0n) is 14.4. The number of aromatic hydroxyl groups is 2. The molecule has 0 saturated carbocycles. The highest BCUT2D eigenvalue weighted by Crippen LogP contribution is 2.22. The van der Waals surface area contributed by atoms with Crippen molar-refractivity contribution >= 4 is 17.6 Å². The molecule has 0 bridgehead atoms. The zero-order valence-corrected chi connectivity index (χ0v) is 14.4. The van der Waals surface area contributed by atoms with Crippen LogP contribution in [-0.2, 0) is 6.54 Å². The predicted octanol–water partition coefficient (Wildman–Crippen LogP) is 3.40. The maximum atomic E-state index is 9.75. The number of phenols is 2. The summed E-state index contributed by atoms with van der Waals surface area (Å²) < 4.78 is 0. The van der Waals surface area contributed by atoms with Crippen molar-refractivity contribution in [2.75, 3.05) is 5.43 Å². The maximum Gasteiger partial charge on any atom is 0.128 e. The van der Waals surface area contributed by atoms with Crippen LogP contribution in [0.3, 0.4) is 0 Å². The van der Waals surface area contributed by atoms with E-state index in [-0.39, 0.29) is 11.5 Å². The average molecular weight is 358 g/mol. The van der Waals surface area contributed by atoms with Gasteiger partial charge < -0.3 is 15.6 Å². The minimum Gasteiger partial charge on any atom is -0.508 e. The maximum absolute atomic E-state index is 9.75. The first-order chi connectivity index (χ1) is 13.2. The van der Waals surface area contributed by atoms with E-state index in [2.05, 4.69) is 33.2 Å². The number of nitrogens with one attached hydrogen (secondary N) is 2. The summed E-state index contributed by atoms with van der Waals surface area (Å²) in [5, 5.41) is 27.6. The lowest BCUT2D eigenvalue weighted by molar-refractivity contribution is 0.450. The summed E-state index contributed by atoms with van der Waals surface area (Å²) in [4.78, 5) is 0. The van der Waals surface area contributed by atoms with Gasteiger partial charge in [0.25, 0.3) is 0 Å². The molecule has 0 spiro atoms. The second-order valence-corrected chi connectivity index (χ2v) is 6.14. The monoisotopic (exact) mass is 358 g/mol. The first kappa shape index (κ1) is 16.7. The van der Waals surface area contributed by atoms with Crippen molar-refractivity contribution in [3.63, 3.8) is 0 Å². The predicted molar refractivity (Wildman–Crippen MR) is 106 cm³/mol. The van der Waals surface area contributed by atoms with Gasteiger partial charge in [-0.3, -0.25) is 5.43 Å². The molecule has 0 fully saturated rings. The zero-order chi connectivity index (χ0) is 18.6. The second-order valence-electron chi connectivity index (χ2n) is 6.14. The van der Waals surface area contributed by atoms with Gasteiger partial charge in [0.15, 0.2) is 0 Å². The molecule has 6 heteroatoms. The molecular weight excluding hydrogens is 340 g/mol. The van der Waals surface area contributed by atoms with Gasteiger partial charge in [-0.15, -0.1) is 0 Å². The van der Waals surface area contributed by atoms with E-state index < -0.39 is 0 Å². The van der Waals surface area contributed by atoms with E-state index in [1.807, 2.05) is 36.4 Å². The lowest BCUT2D eigenvalue weighted by Crippen LogP contribution is -2.20. The first-order valence-corrected chi connectivity index (χ1v) is 8.51. The van der Waals surface area contributed by atoms with Gasteiger partial charge in [-0.05, 0) is 29.8 Å². The molecule has 27 heavy (non-hydrogen) atoms. The third-order valence-electron chi connectivity index (χ3n) is 4.30. The minimum atomic E-state index is -0.0302. The van der Waals surface area contributed by atoms with Crippen molar-refractivity contribution in [1.29, 1.82) is 0 Å². The molecule has 6 nitrogen and oxygen atoms in total. The number of hydrogen-bond donors (Lipinski definition) is 4. The van der Waals surface area contributed by atoms with Crippen LogP contribution in [0.4, 0.5) is 5.69 Å². The highest BCUT2D eigenvalue weighted by molar-refractivity contribution is 6.14. The molecule has 0 aliphatic carbocycles. The van der Waals surface area contributed by atoms with E-state index in [4.69, 9.17) is 0 Å². The normalized spacial score (nSPS) is 13.0. The quantitative estimate of drug-likeness (QED) is 0.425. The Kier molecular flexibility index (Phi) is 4.45. The van der Waals surface area contributed by atoms with Crippen molar-refractivity contribution in [2.45, 2.75) is 6.54 Å². The molecule has 0 unspecified atom stereocenters. The smallest absolute Gasteiger partial charge is 0.128 e. The molecule has 3 aromatic rings. The Morgan fingerprint density at radius 3 is 2.63 bits per heavy atom. The summed E-state index contributed by atoms with van der Waals surface area (Å²) in [5.74, 6) is -0.0211. The molecule has 1 heterocycles. The number of hydrazone groups is 2. The van der Waals surface area contributed by atoms with E-state index in [1.54, 1.807) is 6.07 Å². The van der Waals surface area contributed by atoms with Crippen LogP contribution in [0.2, 0.25) is 0 Å². The van der Waals surface area contributed by atoms with Crippen LogP contribution in [0.1, 0.15) is 22.3 Å². The Labute approximate surface area is 156 Å². The molecule has 3 aromatic carbocycles. The Morgan fingerprint density at radius 1 is 1.00 bits per heavy atom. The van der Waals surface area contributed by atoms with Crippen LogP contribution >= 0.6 is 0 Å². The van der Waals surface area contributed by atoms with Crippen LogP contribution < -0.4 is 10.9 Å². The summed E-state index contributed by atoms with van der Waals surface area (Å²) >= 11 is 0. The van der Waals surface area contributed by atoms with Crippen molar-refractivity contribution < 1.29 is 10.2 Å². The van der Waals surface area contributed by atoms with Gasteiger partial charge >= 0.3 is 0 Å². The van der Waals surface area contributed by atoms with Crippen molar-refractivity contribution in [3.05, 3.63) is 89.0 Å². The Hall–Kier alpha value is -3.80. The first-order valence-electron chi connectivity index (χ1n) is 8.51. The fourth-order valence-corrected chi connectivity index (χ4v) is 2.91. The van der Waals surface area contributed by atoms with E-state index in [9.17, 15) is 10.2 Å². The lowest BCUT2D eigenvalue weighted by atomic mass is 9.96. The molecule has 0 amide bonds. The Balaban J connectivity index is 1.48. The van der Waals surface area contributed by atoms with Gasteiger partial charge in [-0.1, -0.05) is 36.4 Å². The van der Waals surface area contributed by atoms with Crippen LogP contribution in [0.5, 0.6) is 11.5 Å². The number of benzene rings is 3. The number of phenolic OH excluding ortho intramolecular Hbond substituents is 2. The summed E-state index contributed by atoms with van der Waals surface area (Å²) in [6.07, 6.45) is 1.49. The van der Waals surface area contributed by atoms with Crippen molar-refractivity contribution in [3.8, 4) is 11.5 Å². The number of anilines is 1. The van der Waals surface area contributed by atoms with Gasteiger partial charge in [0.2, 0.25) is 0 Å². The molecular formula is C21H18N4O2. The lowest BCUT2D eigenvalue weighted by Gasteiger charge is -2.17. The fraction of sp³-hybridized carbons (Fsp3) is 0.0476. The standard InChI is InChI=1S/C21H18N4O2/c26-18-10-7-16(20(27)11-18)13-22-24-17-8-5-14(6-9-17)21-19-4-2-1-3-15(19)12-23-25-21/h1-11,13,23-24,26-27H,12H2.